The minimum absolute atomic E-state index is 0.249. The summed E-state index contributed by atoms with van der Waals surface area (Å²) >= 11 is 0. The van der Waals surface area contributed by atoms with Crippen molar-refractivity contribution in [1.82, 2.24) is 0 Å². The van der Waals surface area contributed by atoms with E-state index in [9.17, 15) is 4.79 Å². The Balaban J connectivity index is 4.13. The van der Waals surface area contributed by atoms with E-state index in [4.69, 9.17) is 0 Å². The predicted octanol–water partition coefficient (Wildman–Crippen LogP) is 4.97. The van der Waals surface area contributed by atoms with E-state index in [0.29, 0.717) is 0 Å². The first-order valence-corrected chi connectivity index (χ1v) is 7.06. The van der Waals surface area contributed by atoms with Gasteiger partial charge < -0.3 is 4.74 Å². The number of carbonyl (C=O) groups excluding carboxylic acids is 1. The molecule has 0 radical (unpaired) electrons. The number of allylic oxidation sites excluding steroid dienone is 5. The maximum Gasteiger partial charge on any atom is 0.330 e. The molecule has 0 fully saturated rings. The molecule has 2 heteroatoms. The molecule has 108 valence electrons. The molecule has 0 aliphatic carbocycles. The van der Waals surface area contributed by atoms with Crippen molar-refractivity contribution in [3.05, 3.63) is 34.9 Å². The highest BCUT2D eigenvalue weighted by molar-refractivity contribution is 5.82. The maximum atomic E-state index is 11.2. The van der Waals surface area contributed by atoms with Crippen molar-refractivity contribution in [3.63, 3.8) is 0 Å². The van der Waals surface area contributed by atoms with Gasteiger partial charge >= 0.3 is 5.97 Å². The van der Waals surface area contributed by atoms with Crippen LogP contribution in [-0.2, 0) is 9.53 Å². The second kappa shape index (κ2) is 10.6. The Morgan fingerprint density at radius 2 is 1.68 bits per heavy atom. The van der Waals surface area contributed by atoms with Crippen molar-refractivity contribution in [2.45, 2.75) is 59.8 Å². The SMILES string of the molecule is CCC(=CC(=O)OC)CCC=C(C)CCC=C(C)C. The van der Waals surface area contributed by atoms with Gasteiger partial charge in [0.15, 0.2) is 0 Å². The average molecular weight is 264 g/mol. The van der Waals surface area contributed by atoms with Gasteiger partial charge in [-0.25, -0.2) is 4.79 Å². The van der Waals surface area contributed by atoms with Gasteiger partial charge in [0.2, 0.25) is 0 Å². The summed E-state index contributed by atoms with van der Waals surface area (Å²) in [5.41, 5.74) is 3.95. The molecule has 0 rings (SSSR count). The van der Waals surface area contributed by atoms with E-state index in [1.54, 1.807) is 6.08 Å². The normalized spacial score (nSPS) is 12.3. The van der Waals surface area contributed by atoms with Gasteiger partial charge in [0, 0.05) is 6.08 Å². The minimum Gasteiger partial charge on any atom is -0.466 e. The molecule has 2 nitrogen and oxygen atoms in total. The lowest BCUT2D eigenvalue weighted by molar-refractivity contribution is -0.134. The van der Waals surface area contributed by atoms with Gasteiger partial charge in [-0.1, -0.05) is 35.8 Å². The Kier molecular flexibility index (Phi) is 9.87. The highest BCUT2D eigenvalue weighted by Gasteiger charge is 1.99. The van der Waals surface area contributed by atoms with E-state index in [1.807, 2.05) is 0 Å². The Bertz CT molecular complexity index is 355. The molecular weight excluding hydrogens is 236 g/mol. The maximum absolute atomic E-state index is 11.2. The Morgan fingerprint density at radius 1 is 1.05 bits per heavy atom. The second-order valence-corrected chi connectivity index (χ2v) is 5.09. The third-order valence-electron chi connectivity index (χ3n) is 3.03. The van der Waals surface area contributed by atoms with Gasteiger partial charge in [0.05, 0.1) is 7.11 Å². The minimum atomic E-state index is -0.249. The molecule has 19 heavy (non-hydrogen) atoms. The number of methoxy groups -OCH3 is 1. The first-order chi connectivity index (χ1) is 8.99. The van der Waals surface area contributed by atoms with Crippen LogP contribution in [0.1, 0.15) is 59.8 Å². The third-order valence-corrected chi connectivity index (χ3v) is 3.03. The Morgan fingerprint density at radius 3 is 2.21 bits per heavy atom. The van der Waals surface area contributed by atoms with Gasteiger partial charge in [-0.05, 0) is 52.9 Å². The zero-order chi connectivity index (χ0) is 14.7. The topological polar surface area (TPSA) is 26.3 Å². The van der Waals surface area contributed by atoms with Crippen LogP contribution in [0.3, 0.4) is 0 Å². The molecule has 0 aliphatic heterocycles. The van der Waals surface area contributed by atoms with Crippen LogP contribution < -0.4 is 0 Å². The van der Waals surface area contributed by atoms with Crippen molar-refractivity contribution in [2.24, 2.45) is 0 Å². The molecule has 0 heterocycles. The van der Waals surface area contributed by atoms with Crippen LogP contribution in [-0.4, -0.2) is 13.1 Å². The monoisotopic (exact) mass is 264 g/mol. The van der Waals surface area contributed by atoms with E-state index in [1.165, 1.54) is 18.3 Å². The van der Waals surface area contributed by atoms with Crippen LogP contribution in [0.2, 0.25) is 0 Å². The lowest BCUT2D eigenvalue weighted by atomic mass is 10.0. The summed E-state index contributed by atoms with van der Waals surface area (Å²) in [6, 6.07) is 0. The quantitative estimate of drug-likeness (QED) is 0.351. The van der Waals surface area contributed by atoms with Crippen LogP contribution in [0.4, 0.5) is 0 Å². The first kappa shape index (κ1) is 17.7. The lowest BCUT2D eigenvalue weighted by Crippen LogP contribution is -1.97. The summed E-state index contributed by atoms with van der Waals surface area (Å²) in [6.07, 6.45) is 11.2. The number of rotatable bonds is 8. The zero-order valence-electron chi connectivity index (χ0n) is 13.1. The van der Waals surface area contributed by atoms with Crippen molar-refractivity contribution in [1.29, 1.82) is 0 Å². The molecule has 0 atom stereocenters. The summed E-state index contributed by atoms with van der Waals surface area (Å²) in [4.78, 5) is 11.2. The van der Waals surface area contributed by atoms with Gasteiger partial charge in [-0.3, -0.25) is 0 Å². The second-order valence-electron chi connectivity index (χ2n) is 5.09. The Hall–Kier alpha value is -1.31. The molecule has 0 bridgehead atoms. The van der Waals surface area contributed by atoms with E-state index >= 15 is 0 Å². The summed E-state index contributed by atoms with van der Waals surface area (Å²) in [5, 5.41) is 0. The molecule has 0 saturated carbocycles. The van der Waals surface area contributed by atoms with Gasteiger partial charge in [0.25, 0.3) is 0 Å². The molecule has 0 aromatic heterocycles. The van der Waals surface area contributed by atoms with Crippen LogP contribution in [0, 0.1) is 0 Å². The Labute approximate surface area is 118 Å². The van der Waals surface area contributed by atoms with Crippen molar-refractivity contribution in [2.75, 3.05) is 7.11 Å². The molecule has 0 aromatic rings. The van der Waals surface area contributed by atoms with Crippen molar-refractivity contribution >= 4 is 5.97 Å². The van der Waals surface area contributed by atoms with E-state index in [2.05, 4.69) is 44.6 Å². The number of ether oxygens (including phenoxy) is 1. The fourth-order valence-corrected chi connectivity index (χ4v) is 1.77. The number of hydrogen-bond acceptors (Lipinski definition) is 2. The number of hydrogen-bond donors (Lipinski definition) is 0. The molecule has 0 saturated heterocycles. The van der Waals surface area contributed by atoms with Gasteiger partial charge in [0.1, 0.15) is 0 Å². The highest BCUT2D eigenvalue weighted by atomic mass is 16.5. The highest BCUT2D eigenvalue weighted by Crippen LogP contribution is 2.13. The van der Waals surface area contributed by atoms with Crippen molar-refractivity contribution in [3.8, 4) is 0 Å². The summed E-state index contributed by atoms with van der Waals surface area (Å²) in [6.45, 7) is 8.50. The summed E-state index contributed by atoms with van der Waals surface area (Å²) < 4.78 is 4.65. The average Bonchev–Trinajstić information content (AvgIpc) is 2.36. The molecule has 0 N–H and O–H groups in total. The molecule has 0 unspecified atom stereocenters. The fraction of sp³-hybridized carbons (Fsp3) is 0.588. The standard InChI is InChI=1S/C17H28O2/c1-6-16(13-17(18)19-5)12-8-11-15(4)10-7-9-14(2)3/h9,11,13H,6-8,10,12H2,1-5H3. The molecule has 0 amide bonds. The summed E-state index contributed by atoms with van der Waals surface area (Å²) in [5.74, 6) is -0.249. The fourth-order valence-electron chi connectivity index (χ4n) is 1.77. The zero-order valence-corrected chi connectivity index (χ0v) is 13.1. The largest absolute Gasteiger partial charge is 0.466 e. The lowest BCUT2D eigenvalue weighted by Gasteiger charge is -2.03. The number of carbonyl (C=O) groups is 1. The first-order valence-electron chi connectivity index (χ1n) is 7.06. The predicted molar refractivity (Wildman–Crippen MR) is 82.0 cm³/mol. The molecule has 0 aliphatic rings. The van der Waals surface area contributed by atoms with Crippen molar-refractivity contribution < 1.29 is 9.53 Å². The van der Waals surface area contributed by atoms with Crippen LogP contribution >= 0.6 is 0 Å². The van der Waals surface area contributed by atoms with Crippen LogP contribution in [0.15, 0.2) is 34.9 Å². The van der Waals surface area contributed by atoms with E-state index in [-0.39, 0.29) is 5.97 Å². The number of esters is 1. The molecular formula is C17H28O2. The van der Waals surface area contributed by atoms with Crippen LogP contribution in [0.5, 0.6) is 0 Å². The van der Waals surface area contributed by atoms with E-state index in [0.717, 1.165) is 37.7 Å². The van der Waals surface area contributed by atoms with E-state index < -0.39 is 0 Å². The smallest absolute Gasteiger partial charge is 0.330 e. The van der Waals surface area contributed by atoms with Gasteiger partial charge in [-0.2, -0.15) is 0 Å². The molecule has 0 aromatic carbocycles. The van der Waals surface area contributed by atoms with Gasteiger partial charge in [-0.15, -0.1) is 0 Å². The third kappa shape index (κ3) is 10.3. The van der Waals surface area contributed by atoms with Crippen LogP contribution in [0.25, 0.3) is 0 Å². The summed E-state index contributed by atoms with van der Waals surface area (Å²) in [7, 11) is 1.42. The molecule has 0 spiro atoms.